The van der Waals surface area contributed by atoms with Gasteiger partial charge in [-0.1, -0.05) is 0 Å². The van der Waals surface area contributed by atoms with Crippen LogP contribution in [0, 0.1) is 0 Å². The van der Waals surface area contributed by atoms with E-state index in [0.29, 0.717) is 5.92 Å². The molecule has 0 unspecified atom stereocenters. The Labute approximate surface area is 84.3 Å². The fraction of sp³-hybridized carbons (Fsp3) is 0.700. The molecule has 0 spiro atoms. The first-order valence-corrected chi connectivity index (χ1v) is 5.11. The van der Waals surface area contributed by atoms with Crippen molar-refractivity contribution in [2.24, 2.45) is 0 Å². The number of methoxy groups -OCH3 is 1. The van der Waals surface area contributed by atoms with Crippen LogP contribution >= 0.6 is 0 Å². The molecule has 1 atom stereocenters. The summed E-state index contributed by atoms with van der Waals surface area (Å²) in [5.74, 6) is 0.450. The summed E-state index contributed by atoms with van der Waals surface area (Å²) in [6, 6.07) is 0. The molecular weight excluding hydrogens is 178 g/mol. The van der Waals surface area contributed by atoms with Crippen LogP contribution in [0.25, 0.3) is 0 Å². The van der Waals surface area contributed by atoms with Crippen molar-refractivity contribution >= 4 is 0 Å². The van der Waals surface area contributed by atoms with Crippen molar-refractivity contribution in [1.29, 1.82) is 0 Å². The number of rotatable bonds is 3. The highest BCUT2D eigenvalue weighted by atomic mass is 16.5. The molecule has 2 heterocycles. The van der Waals surface area contributed by atoms with Crippen molar-refractivity contribution in [3.63, 3.8) is 0 Å². The summed E-state index contributed by atoms with van der Waals surface area (Å²) in [7, 11) is 1.75. The standard InChI is InChI=1S/C10H17N3O/c1-3-13-10-8(6-12-13)4-11-5-9(10)7-14-2/h6,9,11H,3-5,7H2,1-2H3/t9-/m1/s1. The Hall–Kier alpha value is -0.870. The van der Waals surface area contributed by atoms with E-state index in [1.54, 1.807) is 7.11 Å². The first-order valence-electron chi connectivity index (χ1n) is 5.11. The zero-order valence-corrected chi connectivity index (χ0v) is 8.79. The zero-order valence-electron chi connectivity index (χ0n) is 8.79. The van der Waals surface area contributed by atoms with Crippen LogP contribution < -0.4 is 5.32 Å². The van der Waals surface area contributed by atoms with E-state index in [9.17, 15) is 0 Å². The van der Waals surface area contributed by atoms with E-state index in [2.05, 4.69) is 22.0 Å². The van der Waals surface area contributed by atoms with Crippen LogP contribution in [-0.4, -0.2) is 30.0 Å². The number of hydrogen-bond acceptors (Lipinski definition) is 3. The summed E-state index contributed by atoms with van der Waals surface area (Å²) in [4.78, 5) is 0. The van der Waals surface area contributed by atoms with Crippen molar-refractivity contribution in [3.05, 3.63) is 17.5 Å². The monoisotopic (exact) mass is 195 g/mol. The van der Waals surface area contributed by atoms with Gasteiger partial charge in [-0.2, -0.15) is 5.10 Å². The Morgan fingerprint density at radius 2 is 2.57 bits per heavy atom. The van der Waals surface area contributed by atoms with E-state index in [4.69, 9.17) is 4.74 Å². The second-order valence-corrected chi connectivity index (χ2v) is 3.65. The van der Waals surface area contributed by atoms with Crippen molar-refractivity contribution in [3.8, 4) is 0 Å². The molecule has 0 bridgehead atoms. The number of fused-ring (bicyclic) bond motifs is 1. The number of ether oxygens (including phenoxy) is 1. The van der Waals surface area contributed by atoms with E-state index >= 15 is 0 Å². The van der Waals surface area contributed by atoms with E-state index < -0.39 is 0 Å². The lowest BCUT2D eigenvalue weighted by molar-refractivity contribution is 0.171. The van der Waals surface area contributed by atoms with E-state index in [1.165, 1.54) is 11.3 Å². The predicted molar refractivity (Wildman–Crippen MR) is 54.2 cm³/mol. The van der Waals surface area contributed by atoms with Crippen LogP contribution in [0.1, 0.15) is 24.1 Å². The summed E-state index contributed by atoms with van der Waals surface area (Å²) >= 11 is 0. The third-order valence-corrected chi connectivity index (χ3v) is 2.72. The Bertz CT molecular complexity index is 295. The maximum absolute atomic E-state index is 5.23. The lowest BCUT2D eigenvalue weighted by Gasteiger charge is -2.24. The lowest BCUT2D eigenvalue weighted by atomic mass is 9.99. The molecule has 14 heavy (non-hydrogen) atoms. The van der Waals surface area contributed by atoms with Crippen LogP contribution in [0.2, 0.25) is 0 Å². The summed E-state index contributed by atoms with van der Waals surface area (Å²) in [6.07, 6.45) is 1.97. The van der Waals surface area contributed by atoms with Gasteiger partial charge in [-0.05, 0) is 6.92 Å². The van der Waals surface area contributed by atoms with Crippen LogP contribution in [0.15, 0.2) is 6.20 Å². The maximum Gasteiger partial charge on any atom is 0.0558 e. The Morgan fingerprint density at radius 1 is 1.71 bits per heavy atom. The predicted octanol–water partition coefficient (Wildman–Crippen LogP) is 0.736. The molecule has 0 radical (unpaired) electrons. The van der Waals surface area contributed by atoms with Gasteiger partial charge in [-0.25, -0.2) is 0 Å². The third-order valence-electron chi connectivity index (χ3n) is 2.72. The summed E-state index contributed by atoms with van der Waals surface area (Å²) in [5.41, 5.74) is 2.67. The van der Waals surface area contributed by atoms with Gasteiger partial charge in [0.05, 0.1) is 12.8 Å². The SMILES string of the molecule is CCn1ncc2c1[C@@H](COC)CNC2. The zero-order chi connectivity index (χ0) is 9.97. The molecule has 1 aliphatic heterocycles. The average molecular weight is 195 g/mol. The second kappa shape index (κ2) is 4.11. The first-order chi connectivity index (χ1) is 6.86. The van der Waals surface area contributed by atoms with Gasteiger partial charge in [-0.15, -0.1) is 0 Å². The molecule has 0 aliphatic carbocycles. The molecular formula is C10H17N3O. The van der Waals surface area contributed by atoms with Crippen molar-refractivity contribution in [2.45, 2.75) is 25.9 Å². The van der Waals surface area contributed by atoms with Gasteiger partial charge >= 0.3 is 0 Å². The molecule has 4 heteroatoms. The largest absolute Gasteiger partial charge is 0.384 e. The van der Waals surface area contributed by atoms with Gasteiger partial charge in [-0.3, -0.25) is 4.68 Å². The van der Waals surface area contributed by atoms with Gasteiger partial charge in [0, 0.05) is 43.9 Å². The Morgan fingerprint density at radius 3 is 3.29 bits per heavy atom. The number of nitrogens with zero attached hydrogens (tertiary/aromatic N) is 2. The van der Waals surface area contributed by atoms with Crippen LogP contribution in [0.3, 0.4) is 0 Å². The molecule has 1 aromatic heterocycles. The quantitative estimate of drug-likeness (QED) is 0.773. The maximum atomic E-state index is 5.23. The van der Waals surface area contributed by atoms with E-state index in [1.807, 2.05) is 6.20 Å². The molecule has 4 nitrogen and oxygen atoms in total. The molecule has 78 valence electrons. The molecule has 0 amide bonds. The first kappa shape index (κ1) is 9.68. The van der Waals surface area contributed by atoms with Crippen molar-refractivity contribution in [1.82, 2.24) is 15.1 Å². The van der Waals surface area contributed by atoms with Crippen molar-refractivity contribution < 1.29 is 4.74 Å². The molecule has 2 rings (SSSR count). The second-order valence-electron chi connectivity index (χ2n) is 3.65. The van der Waals surface area contributed by atoms with Crippen LogP contribution in [0.5, 0.6) is 0 Å². The third kappa shape index (κ3) is 1.55. The highest BCUT2D eigenvalue weighted by Crippen LogP contribution is 2.23. The average Bonchev–Trinajstić information content (AvgIpc) is 2.62. The highest BCUT2D eigenvalue weighted by Gasteiger charge is 2.23. The van der Waals surface area contributed by atoms with Crippen LogP contribution in [-0.2, 0) is 17.8 Å². The van der Waals surface area contributed by atoms with Gasteiger partial charge in [0.25, 0.3) is 0 Å². The fourth-order valence-corrected chi connectivity index (χ4v) is 2.11. The summed E-state index contributed by atoms with van der Waals surface area (Å²) in [5, 5.41) is 7.75. The minimum absolute atomic E-state index is 0.450. The minimum atomic E-state index is 0.450. The van der Waals surface area contributed by atoms with Crippen molar-refractivity contribution in [2.75, 3.05) is 20.3 Å². The molecule has 0 fully saturated rings. The van der Waals surface area contributed by atoms with Crippen LogP contribution in [0.4, 0.5) is 0 Å². The van der Waals surface area contributed by atoms with Gasteiger partial charge in [0.1, 0.15) is 0 Å². The Kier molecular flexibility index (Phi) is 2.84. The Balaban J connectivity index is 2.30. The number of aryl methyl sites for hydroxylation is 1. The molecule has 1 aliphatic rings. The summed E-state index contributed by atoms with van der Waals surface area (Å²) < 4.78 is 7.31. The minimum Gasteiger partial charge on any atom is -0.384 e. The highest BCUT2D eigenvalue weighted by molar-refractivity contribution is 5.25. The molecule has 0 aromatic carbocycles. The smallest absolute Gasteiger partial charge is 0.0558 e. The van der Waals surface area contributed by atoms with Gasteiger partial charge < -0.3 is 10.1 Å². The lowest BCUT2D eigenvalue weighted by Crippen LogP contribution is -2.31. The normalized spacial score (nSPS) is 20.9. The molecule has 1 N–H and O–H groups in total. The van der Waals surface area contributed by atoms with Gasteiger partial charge in [0.2, 0.25) is 0 Å². The fourth-order valence-electron chi connectivity index (χ4n) is 2.11. The molecule has 0 saturated carbocycles. The topological polar surface area (TPSA) is 39.1 Å². The van der Waals surface area contributed by atoms with E-state index in [0.717, 1.165) is 26.2 Å². The molecule has 1 aromatic rings. The summed E-state index contributed by atoms with van der Waals surface area (Å²) in [6.45, 7) is 5.77. The number of nitrogens with one attached hydrogen (secondary N) is 1. The van der Waals surface area contributed by atoms with Gasteiger partial charge in [0.15, 0.2) is 0 Å². The van der Waals surface area contributed by atoms with E-state index in [-0.39, 0.29) is 0 Å². The molecule has 0 saturated heterocycles. The number of aromatic nitrogens is 2. The number of hydrogen-bond donors (Lipinski definition) is 1.